The van der Waals surface area contributed by atoms with Crippen molar-refractivity contribution in [2.24, 2.45) is 0 Å². The van der Waals surface area contributed by atoms with E-state index in [2.05, 4.69) is 0 Å². The molecule has 10 aromatic rings. The normalized spacial score (nSPS) is 22.6. The van der Waals surface area contributed by atoms with Crippen molar-refractivity contribution < 1.29 is 54.1 Å². The summed E-state index contributed by atoms with van der Waals surface area (Å²) in [4.78, 5) is 0.521. The van der Waals surface area contributed by atoms with Crippen LogP contribution in [0.5, 0.6) is 0 Å². The van der Waals surface area contributed by atoms with Gasteiger partial charge in [-0.2, -0.15) is 0 Å². The molecule has 0 atom stereocenters. The molecule has 0 unspecified atom stereocenters. The molecule has 0 amide bonds. The van der Waals surface area contributed by atoms with Crippen molar-refractivity contribution in [2.75, 3.05) is 4.90 Å². The summed E-state index contributed by atoms with van der Waals surface area (Å²) in [7, 11) is 0. The first-order chi connectivity index (χ1) is 40.3. The summed E-state index contributed by atoms with van der Waals surface area (Å²) in [6.45, 7) is -7.14. The van der Waals surface area contributed by atoms with Crippen LogP contribution in [0.1, 0.15) is 78.6 Å². The number of furan rings is 2. The van der Waals surface area contributed by atoms with Crippen LogP contribution in [0.2, 0.25) is 0 Å². The number of nitrogens with zero attached hydrogens (tertiary/aromatic N) is 1. The number of hydrogen-bond acceptors (Lipinski definition) is 3. The van der Waals surface area contributed by atoms with Crippen molar-refractivity contribution in [3.63, 3.8) is 0 Å². The summed E-state index contributed by atoms with van der Waals surface area (Å²) in [5.74, 6) is 0. The van der Waals surface area contributed by atoms with Gasteiger partial charge in [0.2, 0.25) is 0 Å². The fourth-order valence-electron chi connectivity index (χ4n) is 7.73. The summed E-state index contributed by atoms with van der Waals surface area (Å²) in [6, 6.07) is -30.4. The maximum Gasteiger partial charge on any atom is 0.137 e. The average Bonchev–Trinajstić information content (AvgIpc) is 1.48. The SMILES string of the molecule is [2H]c1c([2H])c([2H])c2c(c1[2H])-c1c(N(c3c([2H])c([2H])c([2H])c4oc5c([2H])c([2H])c([2H])c([2H])c5c34)c3c([2H])c([2H])c([2H])c4oc5c([2H])c([2H])c([2H])c([2H])c5c34)c([2H])c([2H])c([2H])c1C21c2c([2H])c(C([2H])([2H])[2H])c([2H])c([2H])c2-c2c([2H])c([2H])c(C([2H])([2H])[2H])c([2H])c21. The van der Waals surface area contributed by atoms with E-state index in [1.165, 1.54) is 0 Å². The van der Waals surface area contributed by atoms with Crippen LogP contribution in [0.3, 0.4) is 0 Å². The van der Waals surface area contributed by atoms with E-state index in [4.69, 9.17) is 28.0 Å². The molecule has 0 aliphatic heterocycles. The maximum atomic E-state index is 10.2. The fraction of sp³-hybridized carbons (Fsp3) is 0.0588. The number of anilines is 3. The summed E-state index contributed by atoms with van der Waals surface area (Å²) in [5, 5.41) is -2.98. The third-order valence-corrected chi connectivity index (χ3v) is 9.69. The van der Waals surface area contributed by atoms with Crippen molar-refractivity contribution in [3.8, 4) is 22.3 Å². The zero-order chi connectivity index (χ0) is 64.2. The van der Waals surface area contributed by atoms with Crippen LogP contribution in [0.25, 0.3) is 66.1 Å². The van der Waals surface area contributed by atoms with Gasteiger partial charge in [0.05, 0.1) is 70.3 Å². The molecule has 254 valence electrons. The Hall–Kier alpha value is -6.84. The Balaban J connectivity index is 1.48. The lowest BCUT2D eigenvalue weighted by molar-refractivity contribution is 0.668. The predicted octanol–water partition coefficient (Wildman–Crippen LogP) is 13.9. The first-order valence-corrected chi connectivity index (χ1v) is 16.0. The number of para-hydroxylation sites is 2. The largest absolute Gasteiger partial charge is 0.456 e. The number of fused-ring (bicyclic) bond motifs is 16. The molecule has 3 heteroatoms. The Bertz CT molecular complexity index is 4760. The molecule has 1 spiro atoms. The summed E-state index contributed by atoms with van der Waals surface area (Å²) in [6.07, 6.45) is 0. The van der Waals surface area contributed by atoms with Crippen LogP contribution in [0.15, 0.2) is 172 Å². The zero-order valence-corrected chi connectivity index (χ0v) is 26.8. The lowest BCUT2D eigenvalue weighted by Gasteiger charge is -2.32. The smallest absolute Gasteiger partial charge is 0.137 e. The minimum absolute atomic E-state index is 0.521. The second-order valence-corrected chi connectivity index (χ2v) is 12.3. The molecule has 54 heavy (non-hydrogen) atoms. The maximum absolute atomic E-state index is 10.2. The highest BCUT2D eigenvalue weighted by Crippen LogP contribution is 2.65. The Morgan fingerprint density at radius 1 is 0.444 bits per heavy atom. The molecule has 2 aliphatic rings. The molecule has 2 heterocycles. The third kappa shape index (κ3) is 3.71. The van der Waals surface area contributed by atoms with Crippen LogP contribution < -0.4 is 4.90 Å². The van der Waals surface area contributed by atoms with Gasteiger partial charge in [-0.15, -0.1) is 0 Å². The number of rotatable bonds is 3. The molecule has 2 aliphatic carbocycles. The van der Waals surface area contributed by atoms with Gasteiger partial charge < -0.3 is 13.7 Å². The molecule has 0 fully saturated rings. The number of benzene rings is 8. The van der Waals surface area contributed by atoms with Gasteiger partial charge in [-0.3, -0.25) is 0 Å². The second-order valence-electron chi connectivity index (χ2n) is 12.3. The quantitative estimate of drug-likeness (QED) is 0.182. The van der Waals surface area contributed by atoms with Gasteiger partial charge in [0.15, 0.2) is 0 Å². The predicted molar refractivity (Wildman–Crippen MR) is 221 cm³/mol. The molecule has 0 saturated carbocycles. The van der Waals surface area contributed by atoms with Gasteiger partial charge >= 0.3 is 0 Å². The van der Waals surface area contributed by atoms with E-state index in [-0.39, 0.29) is 0 Å². The van der Waals surface area contributed by atoms with Crippen molar-refractivity contribution in [2.45, 2.75) is 19.1 Å². The van der Waals surface area contributed by atoms with Gasteiger partial charge in [0, 0.05) is 24.6 Å². The molecule has 2 aromatic heterocycles. The van der Waals surface area contributed by atoms with Crippen LogP contribution in [0.4, 0.5) is 17.1 Å². The molecule has 8 aromatic carbocycles. The molecule has 0 bridgehead atoms. The number of hydrogen-bond donors (Lipinski definition) is 0. The molecule has 12 rings (SSSR count). The van der Waals surface area contributed by atoms with Gasteiger partial charge in [0.1, 0.15) is 22.3 Å². The standard InChI is InChI=1S/C51H33NO2/c1-30-24-26-32-33-27-25-31(2)29-40(33)51(39(32)28-30)37-15-6-3-12-34(37)48-38(51)16-9-17-41(48)52(42-18-10-22-46-49(42)35-13-4-7-20-44(35)53-46)43-19-11-23-47-50(43)36-14-5-8-21-45(36)54-47/h3-29H,1-2H3/i1D3,2D3,3D,4D,5D,6D,7D,8D,9D,10D,11D,12D,13D,14D,15D,16D,17D,18D,19D,20D,21D,22D,23D,24D,25D,26D,27D,28D,29D. The minimum atomic E-state index is -3.57. The molecule has 0 radical (unpaired) electrons. The summed E-state index contributed by atoms with van der Waals surface area (Å²) < 4.78 is 318. The van der Waals surface area contributed by atoms with Crippen LogP contribution in [-0.2, 0) is 5.41 Å². The van der Waals surface area contributed by atoms with Gasteiger partial charge in [-0.25, -0.2) is 0 Å². The molecule has 0 saturated heterocycles. The molecular formula is C51H33NO2. The van der Waals surface area contributed by atoms with Gasteiger partial charge in [-0.1, -0.05) is 132 Å². The van der Waals surface area contributed by atoms with E-state index in [0.717, 1.165) is 0 Å². The van der Waals surface area contributed by atoms with E-state index >= 15 is 0 Å². The Morgan fingerprint density at radius 3 is 1.56 bits per heavy atom. The highest BCUT2D eigenvalue weighted by Gasteiger charge is 2.52. The monoisotopic (exact) mass is 724 g/mol. The van der Waals surface area contributed by atoms with Crippen LogP contribution in [-0.4, -0.2) is 0 Å². The second kappa shape index (κ2) is 10.6. The van der Waals surface area contributed by atoms with Gasteiger partial charge in [0.25, 0.3) is 0 Å². The van der Waals surface area contributed by atoms with Crippen molar-refractivity contribution in [3.05, 3.63) is 197 Å². The minimum Gasteiger partial charge on any atom is -0.456 e. The average molecular weight is 725 g/mol. The summed E-state index contributed by atoms with van der Waals surface area (Å²) in [5.41, 5.74) is -19.9. The third-order valence-electron chi connectivity index (χ3n) is 9.69. The van der Waals surface area contributed by atoms with E-state index < -0.39 is 299 Å². The fourth-order valence-corrected chi connectivity index (χ4v) is 7.73. The Labute approximate surface area is 358 Å². The van der Waals surface area contributed by atoms with Crippen molar-refractivity contribution >= 4 is 60.9 Å². The highest BCUT2D eigenvalue weighted by atomic mass is 16.3. The lowest BCUT2D eigenvalue weighted by atomic mass is 9.70. The molecule has 3 nitrogen and oxygen atoms in total. The van der Waals surface area contributed by atoms with Crippen LogP contribution >= 0.6 is 0 Å². The van der Waals surface area contributed by atoms with Crippen molar-refractivity contribution in [1.82, 2.24) is 0 Å². The topological polar surface area (TPSA) is 29.5 Å². The highest BCUT2D eigenvalue weighted by molar-refractivity contribution is 6.19. The van der Waals surface area contributed by atoms with E-state index in [9.17, 15) is 26.0 Å². The van der Waals surface area contributed by atoms with Gasteiger partial charge in [-0.05, 0) is 94.9 Å². The first kappa shape index (κ1) is 12.1. The van der Waals surface area contributed by atoms with E-state index in [0.29, 0.717) is 4.90 Å². The zero-order valence-electron chi connectivity index (χ0n) is 59.8. The Morgan fingerprint density at radius 2 is 0.944 bits per heavy atom. The van der Waals surface area contributed by atoms with E-state index in [1.807, 2.05) is 0 Å². The van der Waals surface area contributed by atoms with Crippen LogP contribution in [0, 0.1) is 13.7 Å². The molecule has 0 N–H and O–H groups in total. The Kier molecular flexibility index (Phi) is 2.38. The lowest BCUT2D eigenvalue weighted by Crippen LogP contribution is -2.26. The summed E-state index contributed by atoms with van der Waals surface area (Å²) >= 11 is 0. The molecular weight excluding hydrogens is 659 g/mol. The first-order valence-electron chi connectivity index (χ1n) is 32.5. The van der Waals surface area contributed by atoms with Crippen molar-refractivity contribution in [1.29, 1.82) is 0 Å². The van der Waals surface area contributed by atoms with E-state index in [1.54, 1.807) is 0 Å².